The van der Waals surface area contributed by atoms with Crippen molar-refractivity contribution in [1.29, 1.82) is 0 Å². The highest BCUT2D eigenvalue weighted by Crippen LogP contribution is 2.24. The van der Waals surface area contributed by atoms with Crippen LogP contribution in [0.25, 0.3) is 0 Å². The number of benzene rings is 1. The molecule has 6 heteroatoms. The smallest absolute Gasteiger partial charge is 0.253 e. The lowest BCUT2D eigenvalue weighted by Crippen LogP contribution is -2.51. The zero-order valence-electron chi connectivity index (χ0n) is 14.9. The molecule has 1 fully saturated rings. The van der Waals surface area contributed by atoms with Crippen LogP contribution in [0.2, 0.25) is 0 Å². The Balaban J connectivity index is 2.03. The van der Waals surface area contributed by atoms with Crippen molar-refractivity contribution in [3.8, 4) is 0 Å². The van der Waals surface area contributed by atoms with Gasteiger partial charge in [-0.1, -0.05) is 31.9 Å². The first-order chi connectivity index (χ1) is 12.0. The number of hydrogen-bond donors (Lipinski definition) is 2. The van der Waals surface area contributed by atoms with Crippen LogP contribution in [0.15, 0.2) is 28.7 Å². The zero-order valence-corrected chi connectivity index (χ0v) is 17.3. The Hall–Kier alpha value is -1.01. The highest BCUT2D eigenvalue weighted by molar-refractivity contribution is 9.10. The highest BCUT2D eigenvalue weighted by Gasteiger charge is 2.27. The van der Waals surface area contributed by atoms with Gasteiger partial charge in [-0.2, -0.15) is 11.8 Å². The predicted octanol–water partition coefficient (Wildman–Crippen LogP) is 4.00. The average molecular weight is 427 g/mol. The fourth-order valence-corrected chi connectivity index (χ4v) is 4.14. The van der Waals surface area contributed by atoms with E-state index < -0.39 is 6.04 Å². The molecule has 0 bridgehead atoms. The molecule has 0 heterocycles. The molecule has 1 aromatic carbocycles. The van der Waals surface area contributed by atoms with Crippen molar-refractivity contribution in [3.05, 3.63) is 34.3 Å². The number of halogens is 1. The number of rotatable bonds is 7. The van der Waals surface area contributed by atoms with Crippen LogP contribution < -0.4 is 10.6 Å². The van der Waals surface area contributed by atoms with E-state index in [2.05, 4.69) is 33.5 Å². The van der Waals surface area contributed by atoms with Gasteiger partial charge in [0.25, 0.3) is 5.91 Å². The van der Waals surface area contributed by atoms with E-state index in [1.807, 2.05) is 24.5 Å². The Bertz CT molecular complexity index is 597. The highest BCUT2D eigenvalue weighted by atomic mass is 79.9. The third-order valence-electron chi connectivity index (χ3n) is 4.79. The summed E-state index contributed by atoms with van der Waals surface area (Å²) in [6, 6.07) is 6.99. The van der Waals surface area contributed by atoms with E-state index in [-0.39, 0.29) is 17.9 Å². The quantitative estimate of drug-likeness (QED) is 0.692. The van der Waals surface area contributed by atoms with Gasteiger partial charge in [0.15, 0.2) is 0 Å². The molecule has 4 nitrogen and oxygen atoms in total. The summed E-state index contributed by atoms with van der Waals surface area (Å²) in [4.78, 5) is 25.3. The van der Waals surface area contributed by atoms with Gasteiger partial charge >= 0.3 is 0 Å². The summed E-state index contributed by atoms with van der Waals surface area (Å²) in [6.45, 7) is 2.20. The lowest BCUT2D eigenvalue weighted by molar-refractivity contribution is -0.124. The van der Waals surface area contributed by atoms with Crippen LogP contribution in [0.4, 0.5) is 0 Å². The summed E-state index contributed by atoms with van der Waals surface area (Å²) >= 11 is 5.08. The SMILES string of the molecule is CSCCC(NC(=O)c1ccccc1Br)C(=O)NC1CCCCC1C. The van der Waals surface area contributed by atoms with Crippen LogP contribution in [0.3, 0.4) is 0 Å². The Labute approximate surface area is 163 Å². The Morgan fingerprint density at radius 3 is 2.68 bits per heavy atom. The molecule has 3 unspecified atom stereocenters. The van der Waals surface area contributed by atoms with E-state index in [0.29, 0.717) is 17.9 Å². The third-order valence-corrected chi connectivity index (χ3v) is 6.13. The maximum absolute atomic E-state index is 12.8. The van der Waals surface area contributed by atoms with Crippen LogP contribution >= 0.6 is 27.7 Å². The van der Waals surface area contributed by atoms with E-state index in [0.717, 1.165) is 29.5 Å². The number of carbonyl (C=O) groups is 2. The second-order valence-electron chi connectivity index (χ2n) is 6.66. The Morgan fingerprint density at radius 1 is 1.28 bits per heavy atom. The largest absolute Gasteiger partial charge is 0.351 e. The summed E-state index contributed by atoms with van der Waals surface area (Å²) in [6.07, 6.45) is 7.22. The van der Waals surface area contributed by atoms with Gasteiger partial charge in [-0.15, -0.1) is 0 Å². The van der Waals surface area contributed by atoms with Crippen molar-refractivity contribution in [3.63, 3.8) is 0 Å². The molecule has 138 valence electrons. The van der Waals surface area contributed by atoms with E-state index in [1.165, 1.54) is 6.42 Å². The molecular formula is C19H27BrN2O2S. The average Bonchev–Trinajstić information content (AvgIpc) is 2.60. The predicted molar refractivity (Wildman–Crippen MR) is 108 cm³/mol. The number of hydrogen-bond acceptors (Lipinski definition) is 3. The molecule has 1 aliphatic carbocycles. The van der Waals surface area contributed by atoms with Gasteiger partial charge < -0.3 is 10.6 Å². The molecule has 0 saturated heterocycles. The van der Waals surface area contributed by atoms with Crippen molar-refractivity contribution < 1.29 is 9.59 Å². The van der Waals surface area contributed by atoms with E-state index >= 15 is 0 Å². The van der Waals surface area contributed by atoms with Crippen molar-refractivity contribution in [2.75, 3.05) is 12.0 Å². The molecular weight excluding hydrogens is 400 g/mol. The van der Waals surface area contributed by atoms with Gasteiger partial charge in [0, 0.05) is 10.5 Å². The lowest BCUT2D eigenvalue weighted by Gasteiger charge is -2.31. The standard InChI is InChI=1S/C19H27BrN2O2S/c1-13-7-3-6-10-16(13)21-19(24)17(11-12-25-2)22-18(23)14-8-4-5-9-15(14)20/h4-5,8-9,13,16-17H,3,6-7,10-12H2,1-2H3,(H,21,24)(H,22,23). The second-order valence-corrected chi connectivity index (χ2v) is 8.50. The number of carbonyl (C=O) groups excluding carboxylic acids is 2. The Kier molecular flexibility index (Phi) is 8.30. The van der Waals surface area contributed by atoms with Crippen LogP contribution in [0.5, 0.6) is 0 Å². The van der Waals surface area contributed by atoms with Crippen LogP contribution in [0, 0.1) is 5.92 Å². The molecule has 2 rings (SSSR count). The molecule has 1 aliphatic rings. The monoisotopic (exact) mass is 426 g/mol. The first-order valence-corrected chi connectivity index (χ1v) is 11.1. The topological polar surface area (TPSA) is 58.2 Å². The number of thioether (sulfide) groups is 1. The van der Waals surface area contributed by atoms with Crippen molar-refractivity contribution in [2.45, 2.75) is 51.1 Å². The fourth-order valence-electron chi connectivity index (χ4n) is 3.20. The molecule has 0 radical (unpaired) electrons. The molecule has 0 aliphatic heterocycles. The summed E-state index contributed by atoms with van der Waals surface area (Å²) in [5.41, 5.74) is 0.551. The molecule has 2 N–H and O–H groups in total. The minimum atomic E-state index is -0.499. The van der Waals surface area contributed by atoms with Crippen LogP contribution in [-0.2, 0) is 4.79 Å². The molecule has 3 atom stereocenters. The molecule has 25 heavy (non-hydrogen) atoms. The second kappa shape index (κ2) is 10.2. The summed E-state index contributed by atoms with van der Waals surface area (Å²) in [5, 5.41) is 6.09. The van der Waals surface area contributed by atoms with E-state index in [9.17, 15) is 9.59 Å². The number of nitrogens with one attached hydrogen (secondary N) is 2. The lowest BCUT2D eigenvalue weighted by atomic mass is 9.86. The van der Waals surface area contributed by atoms with Crippen molar-refractivity contribution >= 4 is 39.5 Å². The number of amides is 2. The van der Waals surface area contributed by atoms with E-state index in [4.69, 9.17) is 0 Å². The third kappa shape index (κ3) is 6.03. The zero-order chi connectivity index (χ0) is 18.2. The summed E-state index contributed by atoms with van der Waals surface area (Å²) in [7, 11) is 0. The maximum atomic E-state index is 12.8. The van der Waals surface area contributed by atoms with Gasteiger partial charge in [0.1, 0.15) is 6.04 Å². The molecule has 0 aromatic heterocycles. The maximum Gasteiger partial charge on any atom is 0.253 e. The van der Waals surface area contributed by atoms with Gasteiger partial charge in [0.05, 0.1) is 5.56 Å². The molecule has 1 aromatic rings. The van der Waals surface area contributed by atoms with Gasteiger partial charge in [0.2, 0.25) is 5.91 Å². The first-order valence-electron chi connectivity index (χ1n) is 8.87. The summed E-state index contributed by atoms with van der Waals surface area (Å²) in [5.74, 6) is 1.05. The first kappa shape index (κ1) is 20.3. The van der Waals surface area contributed by atoms with Crippen molar-refractivity contribution in [2.24, 2.45) is 5.92 Å². The minimum absolute atomic E-state index is 0.0618. The van der Waals surface area contributed by atoms with E-state index in [1.54, 1.807) is 17.8 Å². The van der Waals surface area contributed by atoms with Gasteiger partial charge in [-0.05, 0) is 65.3 Å². The Morgan fingerprint density at radius 2 is 2.00 bits per heavy atom. The molecule has 2 amide bonds. The fraction of sp³-hybridized carbons (Fsp3) is 0.579. The normalized spacial score (nSPS) is 21.4. The van der Waals surface area contributed by atoms with Gasteiger partial charge in [-0.25, -0.2) is 0 Å². The summed E-state index contributed by atoms with van der Waals surface area (Å²) < 4.78 is 0.734. The van der Waals surface area contributed by atoms with Crippen LogP contribution in [0.1, 0.15) is 49.4 Å². The molecule has 0 spiro atoms. The minimum Gasteiger partial charge on any atom is -0.351 e. The van der Waals surface area contributed by atoms with Gasteiger partial charge in [-0.3, -0.25) is 9.59 Å². The van der Waals surface area contributed by atoms with Crippen molar-refractivity contribution in [1.82, 2.24) is 10.6 Å². The molecule has 1 saturated carbocycles. The van der Waals surface area contributed by atoms with Crippen LogP contribution in [-0.4, -0.2) is 35.9 Å².